The van der Waals surface area contributed by atoms with Crippen molar-refractivity contribution in [1.82, 2.24) is 19.1 Å². The molecule has 0 N–H and O–H groups in total. The number of benzene rings is 1. The number of nitrogens with zero attached hydrogens (tertiary/aromatic N) is 4. The largest absolute Gasteiger partial charge is 0.495 e. The van der Waals surface area contributed by atoms with Gasteiger partial charge in [-0.3, -0.25) is 0 Å². The van der Waals surface area contributed by atoms with Crippen molar-refractivity contribution in [2.75, 3.05) is 7.11 Å². The van der Waals surface area contributed by atoms with Crippen LogP contribution in [0.5, 0.6) is 5.75 Å². The molecule has 0 radical (unpaired) electrons. The summed E-state index contributed by atoms with van der Waals surface area (Å²) in [7, 11) is -2.09. The minimum atomic E-state index is -3.59. The van der Waals surface area contributed by atoms with Crippen LogP contribution in [0.15, 0.2) is 35.7 Å². The first kappa shape index (κ1) is 16.8. The summed E-state index contributed by atoms with van der Waals surface area (Å²) in [6.45, 7) is 0. The van der Waals surface area contributed by atoms with Gasteiger partial charge in [0, 0.05) is 12.1 Å². The molecule has 0 spiro atoms. The van der Waals surface area contributed by atoms with Crippen molar-refractivity contribution in [2.45, 2.75) is 48.7 Å². The van der Waals surface area contributed by atoms with Gasteiger partial charge in [-0.25, -0.2) is 18.1 Å². The van der Waals surface area contributed by atoms with Gasteiger partial charge < -0.3 is 4.74 Å². The third-order valence-corrected chi connectivity index (χ3v) is 7.45. The molecule has 4 rings (SSSR count). The Morgan fingerprint density at radius 2 is 1.92 bits per heavy atom. The highest BCUT2D eigenvalue weighted by molar-refractivity contribution is 7.89. The molecule has 9 heteroatoms. The van der Waals surface area contributed by atoms with E-state index in [1.807, 2.05) is 4.68 Å². The van der Waals surface area contributed by atoms with E-state index in [0.29, 0.717) is 10.8 Å². The Labute approximate surface area is 151 Å². The number of hydrogen-bond donors (Lipinski definition) is 0. The Bertz CT molecular complexity index is 858. The van der Waals surface area contributed by atoms with Crippen LogP contribution in [0.2, 0.25) is 5.02 Å². The molecule has 134 valence electrons. The van der Waals surface area contributed by atoms with E-state index in [-0.39, 0.29) is 23.0 Å². The molecule has 2 fully saturated rings. The lowest BCUT2D eigenvalue weighted by molar-refractivity contribution is 0.184. The SMILES string of the molecule is COc1ccc(S(=O)(=O)N2C3CCC2CC(n2cncn2)C3)cc1Cl. The molecule has 1 aromatic heterocycles. The number of ether oxygens (including phenoxy) is 1. The summed E-state index contributed by atoms with van der Waals surface area (Å²) in [4.78, 5) is 4.22. The average molecular weight is 383 g/mol. The van der Waals surface area contributed by atoms with Crippen molar-refractivity contribution < 1.29 is 13.2 Å². The van der Waals surface area contributed by atoms with E-state index in [1.165, 1.54) is 19.5 Å². The molecule has 2 bridgehead atoms. The smallest absolute Gasteiger partial charge is 0.243 e. The molecule has 0 aliphatic carbocycles. The highest BCUT2D eigenvalue weighted by atomic mass is 35.5. The maximum absolute atomic E-state index is 13.2. The molecular weight excluding hydrogens is 364 g/mol. The summed E-state index contributed by atoms with van der Waals surface area (Å²) in [5.41, 5.74) is 0. The summed E-state index contributed by atoms with van der Waals surface area (Å²) >= 11 is 6.13. The van der Waals surface area contributed by atoms with Gasteiger partial charge in [0.05, 0.1) is 23.1 Å². The summed E-state index contributed by atoms with van der Waals surface area (Å²) < 4.78 is 35.0. The van der Waals surface area contributed by atoms with Gasteiger partial charge in [0.15, 0.2) is 0 Å². The Balaban J connectivity index is 1.63. The summed E-state index contributed by atoms with van der Waals surface area (Å²) in [5.74, 6) is 0.466. The zero-order valence-corrected chi connectivity index (χ0v) is 15.3. The fourth-order valence-electron chi connectivity index (χ4n) is 4.05. The second-order valence-electron chi connectivity index (χ2n) is 6.52. The number of methoxy groups -OCH3 is 1. The normalized spacial score (nSPS) is 26.7. The molecule has 2 atom stereocenters. The van der Waals surface area contributed by atoms with Crippen molar-refractivity contribution in [2.24, 2.45) is 0 Å². The van der Waals surface area contributed by atoms with Crippen LogP contribution < -0.4 is 4.74 Å². The van der Waals surface area contributed by atoms with Crippen LogP contribution in [0.25, 0.3) is 0 Å². The molecule has 0 saturated carbocycles. The van der Waals surface area contributed by atoms with Crippen molar-refractivity contribution in [1.29, 1.82) is 0 Å². The molecular formula is C16H19ClN4O3S. The zero-order chi connectivity index (χ0) is 17.6. The minimum Gasteiger partial charge on any atom is -0.495 e. The topological polar surface area (TPSA) is 77.3 Å². The third kappa shape index (κ3) is 2.82. The lowest BCUT2D eigenvalue weighted by atomic mass is 10.0. The molecule has 1 aromatic carbocycles. The van der Waals surface area contributed by atoms with Crippen LogP contribution in [0.1, 0.15) is 31.7 Å². The fourth-order valence-corrected chi connectivity index (χ4v) is 6.29. The van der Waals surface area contributed by atoms with Gasteiger partial charge in [-0.05, 0) is 43.9 Å². The zero-order valence-electron chi connectivity index (χ0n) is 13.7. The first-order valence-electron chi connectivity index (χ1n) is 8.22. The third-order valence-electron chi connectivity index (χ3n) is 5.15. The Morgan fingerprint density at radius 1 is 1.20 bits per heavy atom. The molecule has 3 heterocycles. The lowest BCUT2D eigenvalue weighted by Gasteiger charge is -2.37. The Kier molecular flexibility index (Phi) is 4.21. The average Bonchev–Trinajstić information content (AvgIpc) is 3.22. The highest BCUT2D eigenvalue weighted by Gasteiger charge is 2.47. The standard InChI is InChI=1S/C16H19ClN4O3S/c1-24-16-5-4-14(8-15(16)17)25(22,23)21-11-2-3-12(21)7-13(6-11)20-10-18-9-19-20/h4-5,8-13H,2-3,6-7H2,1H3. The number of rotatable bonds is 4. The second kappa shape index (κ2) is 6.26. The fraction of sp³-hybridized carbons (Fsp3) is 0.500. The van der Waals surface area contributed by atoms with Crippen molar-refractivity contribution in [3.63, 3.8) is 0 Å². The predicted octanol–water partition coefficient (Wildman–Crippen LogP) is 2.50. The van der Waals surface area contributed by atoms with E-state index in [9.17, 15) is 8.42 Å². The first-order chi connectivity index (χ1) is 12.0. The first-order valence-corrected chi connectivity index (χ1v) is 10.0. The van der Waals surface area contributed by atoms with Gasteiger partial charge in [0.1, 0.15) is 18.4 Å². The van der Waals surface area contributed by atoms with Gasteiger partial charge in [0.25, 0.3) is 0 Å². The van der Waals surface area contributed by atoms with Crippen molar-refractivity contribution >= 4 is 21.6 Å². The van der Waals surface area contributed by atoms with Crippen LogP contribution in [0.4, 0.5) is 0 Å². The predicted molar refractivity (Wildman–Crippen MR) is 92.1 cm³/mol. The molecule has 2 unspecified atom stereocenters. The highest BCUT2D eigenvalue weighted by Crippen LogP contribution is 2.44. The monoisotopic (exact) mass is 382 g/mol. The molecule has 0 amide bonds. The Hall–Kier alpha value is -1.64. The van der Waals surface area contributed by atoms with E-state index in [4.69, 9.17) is 16.3 Å². The number of hydrogen-bond acceptors (Lipinski definition) is 5. The number of sulfonamides is 1. The van der Waals surface area contributed by atoms with Crippen LogP contribution in [-0.4, -0.2) is 46.7 Å². The van der Waals surface area contributed by atoms with Gasteiger partial charge >= 0.3 is 0 Å². The molecule has 25 heavy (non-hydrogen) atoms. The number of piperidine rings is 1. The maximum Gasteiger partial charge on any atom is 0.243 e. The van der Waals surface area contributed by atoms with E-state index >= 15 is 0 Å². The van der Waals surface area contributed by atoms with E-state index in [0.717, 1.165) is 25.7 Å². The molecule has 2 saturated heterocycles. The minimum absolute atomic E-state index is 0.0150. The van der Waals surface area contributed by atoms with E-state index in [2.05, 4.69) is 10.1 Å². The second-order valence-corrected chi connectivity index (χ2v) is 8.77. The molecule has 7 nitrogen and oxygen atoms in total. The van der Waals surface area contributed by atoms with Crippen LogP contribution in [0.3, 0.4) is 0 Å². The Morgan fingerprint density at radius 3 is 2.48 bits per heavy atom. The van der Waals surface area contributed by atoms with Gasteiger partial charge in [-0.2, -0.15) is 9.40 Å². The summed E-state index contributed by atoms with van der Waals surface area (Å²) in [6.07, 6.45) is 6.48. The van der Waals surface area contributed by atoms with Crippen LogP contribution in [0, 0.1) is 0 Å². The number of aromatic nitrogens is 3. The van der Waals surface area contributed by atoms with Gasteiger partial charge in [-0.1, -0.05) is 11.6 Å². The van der Waals surface area contributed by atoms with Gasteiger partial charge in [-0.15, -0.1) is 0 Å². The molecule has 2 aliphatic heterocycles. The van der Waals surface area contributed by atoms with Crippen LogP contribution >= 0.6 is 11.6 Å². The van der Waals surface area contributed by atoms with E-state index < -0.39 is 10.0 Å². The molecule has 2 aliphatic rings. The quantitative estimate of drug-likeness (QED) is 0.811. The summed E-state index contributed by atoms with van der Waals surface area (Å²) in [5, 5.41) is 4.52. The van der Waals surface area contributed by atoms with E-state index in [1.54, 1.807) is 22.8 Å². The number of halogens is 1. The lowest BCUT2D eigenvalue weighted by Crippen LogP contribution is -2.46. The van der Waals surface area contributed by atoms with Gasteiger partial charge in [0.2, 0.25) is 10.0 Å². The number of fused-ring (bicyclic) bond motifs is 2. The van der Waals surface area contributed by atoms with Crippen molar-refractivity contribution in [3.8, 4) is 5.75 Å². The summed E-state index contributed by atoms with van der Waals surface area (Å²) in [6, 6.07) is 4.80. The molecule has 2 aromatic rings. The van der Waals surface area contributed by atoms with Crippen LogP contribution in [-0.2, 0) is 10.0 Å². The maximum atomic E-state index is 13.2. The van der Waals surface area contributed by atoms with Crippen molar-refractivity contribution in [3.05, 3.63) is 35.9 Å².